The number of carbonyl (C=O) groups is 1. The van der Waals surface area contributed by atoms with Gasteiger partial charge in [0.05, 0.1) is 17.6 Å². The van der Waals surface area contributed by atoms with E-state index in [1.165, 1.54) is 17.9 Å². The van der Waals surface area contributed by atoms with E-state index in [1.54, 1.807) is 0 Å². The molecule has 0 aliphatic rings. The first-order chi connectivity index (χ1) is 6.90. The van der Waals surface area contributed by atoms with Crippen molar-refractivity contribution < 1.29 is 13.2 Å². The number of rotatable bonds is 4. The summed E-state index contributed by atoms with van der Waals surface area (Å²) in [6.07, 6.45) is 2.56. The molecule has 1 N–H and O–H groups in total. The third-order valence-corrected chi connectivity index (χ3v) is 2.40. The Balaban J connectivity index is 2.69. The highest BCUT2D eigenvalue weighted by Gasteiger charge is 2.09. The summed E-state index contributed by atoms with van der Waals surface area (Å²) in [5.41, 5.74) is 0.335. The minimum Gasteiger partial charge on any atom is -0.358 e. The van der Waals surface area contributed by atoms with Gasteiger partial charge in [0.15, 0.2) is 9.84 Å². The largest absolute Gasteiger partial charge is 0.358 e. The minimum absolute atomic E-state index is 0.0350. The van der Waals surface area contributed by atoms with Crippen LogP contribution in [0, 0.1) is 0 Å². The number of sulfone groups is 1. The molecule has 0 aliphatic carbocycles. The molecule has 0 atom stereocenters. The summed E-state index contributed by atoms with van der Waals surface area (Å²) >= 11 is 0. The number of amides is 1. The molecule has 0 saturated carbocycles. The molecule has 1 heterocycles. The lowest BCUT2D eigenvalue weighted by molar-refractivity contribution is -0.121. The van der Waals surface area contributed by atoms with E-state index >= 15 is 0 Å². The van der Waals surface area contributed by atoms with E-state index in [1.807, 2.05) is 0 Å². The van der Waals surface area contributed by atoms with E-state index in [-0.39, 0.29) is 18.2 Å². The zero-order chi connectivity index (χ0) is 11.5. The van der Waals surface area contributed by atoms with Gasteiger partial charge in [-0.05, 0) is 0 Å². The minimum atomic E-state index is -3.11. The molecule has 0 unspecified atom stereocenters. The SMILES string of the molecule is CNC(=O)Cn1cc(CS(C)(=O)=O)nn1. The molecule has 0 saturated heterocycles. The number of aromatic nitrogens is 3. The van der Waals surface area contributed by atoms with Gasteiger partial charge in [-0.15, -0.1) is 5.10 Å². The monoisotopic (exact) mass is 232 g/mol. The Hall–Kier alpha value is -1.44. The van der Waals surface area contributed by atoms with E-state index in [0.29, 0.717) is 5.69 Å². The summed E-state index contributed by atoms with van der Waals surface area (Å²) in [5, 5.41) is 9.70. The molecule has 0 spiro atoms. The summed E-state index contributed by atoms with van der Waals surface area (Å²) in [6, 6.07) is 0. The summed E-state index contributed by atoms with van der Waals surface area (Å²) in [6.45, 7) is 0.0350. The summed E-state index contributed by atoms with van der Waals surface area (Å²) in [7, 11) is -1.60. The number of hydrogen-bond donors (Lipinski definition) is 1. The summed E-state index contributed by atoms with van der Waals surface area (Å²) in [4.78, 5) is 11.0. The van der Waals surface area contributed by atoms with Gasteiger partial charge in [-0.2, -0.15) is 0 Å². The van der Waals surface area contributed by atoms with Gasteiger partial charge in [0.1, 0.15) is 6.54 Å². The molecule has 0 aliphatic heterocycles. The molecule has 1 aromatic heterocycles. The van der Waals surface area contributed by atoms with Crippen LogP contribution in [0.5, 0.6) is 0 Å². The second-order valence-corrected chi connectivity index (χ2v) is 5.29. The highest BCUT2D eigenvalue weighted by Crippen LogP contribution is 1.99. The average molecular weight is 232 g/mol. The molecule has 0 fully saturated rings. The zero-order valence-electron chi connectivity index (χ0n) is 8.47. The fourth-order valence-corrected chi connectivity index (χ4v) is 1.65. The van der Waals surface area contributed by atoms with Crippen LogP contribution in [0.2, 0.25) is 0 Å². The van der Waals surface area contributed by atoms with Crippen molar-refractivity contribution in [2.24, 2.45) is 0 Å². The molecular formula is C7H12N4O3S. The Morgan fingerprint density at radius 3 is 2.80 bits per heavy atom. The van der Waals surface area contributed by atoms with Crippen molar-refractivity contribution >= 4 is 15.7 Å². The smallest absolute Gasteiger partial charge is 0.241 e. The van der Waals surface area contributed by atoms with Crippen molar-refractivity contribution in [3.05, 3.63) is 11.9 Å². The normalized spacial score (nSPS) is 11.3. The van der Waals surface area contributed by atoms with Gasteiger partial charge in [-0.3, -0.25) is 4.79 Å². The van der Waals surface area contributed by atoms with Crippen molar-refractivity contribution in [1.29, 1.82) is 0 Å². The molecule has 0 aromatic carbocycles. The fourth-order valence-electron chi connectivity index (χ4n) is 0.977. The van der Waals surface area contributed by atoms with Crippen molar-refractivity contribution in [2.75, 3.05) is 13.3 Å². The van der Waals surface area contributed by atoms with E-state index in [0.717, 1.165) is 6.26 Å². The van der Waals surface area contributed by atoms with Gasteiger partial charge in [0.25, 0.3) is 0 Å². The van der Waals surface area contributed by atoms with Crippen LogP contribution in [0.25, 0.3) is 0 Å². The molecule has 84 valence electrons. The average Bonchev–Trinajstić information content (AvgIpc) is 2.49. The van der Waals surface area contributed by atoms with E-state index in [4.69, 9.17) is 0 Å². The zero-order valence-corrected chi connectivity index (χ0v) is 9.28. The number of hydrogen-bond acceptors (Lipinski definition) is 5. The van der Waals surface area contributed by atoms with Crippen LogP contribution in [0.3, 0.4) is 0 Å². The Morgan fingerprint density at radius 2 is 2.27 bits per heavy atom. The van der Waals surface area contributed by atoms with Crippen molar-refractivity contribution in [2.45, 2.75) is 12.3 Å². The first kappa shape index (κ1) is 11.6. The highest BCUT2D eigenvalue weighted by atomic mass is 32.2. The van der Waals surface area contributed by atoms with E-state index in [9.17, 15) is 13.2 Å². The molecule has 1 aromatic rings. The second kappa shape index (κ2) is 4.39. The standard InChI is InChI=1S/C7H12N4O3S/c1-8-7(12)4-11-3-6(9-10-11)5-15(2,13)14/h3H,4-5H2,1-2H3,(H,8,12). The number of nitrogens with one attached hydrogen (secondary N) is 1. The van der Waals surface area contributed by atoms with Crippen LogP contribution in [0.15, 0.2) is 6.20 Å². The predicted octanol–water partition coefficient (Wildman–Crippen LogP) is -1.43. The maximum Gasteiger partial charge on any atom is 0.241 e. The lowest BCUT2D eigenvalue weighted by Gasteiger charge is -1.97. The van der Waals surface area contributed by atoms with Crippen LogP contribution < -0.4 is 5.32 Å². The van der Waals surface area contributed by atoms with Crippen molar-refractivity contribution in [1.82, 2.24) is 20.3 Å². The third kappa shape index (κ3) is 4.07. The van der Waals surface area contributed by atoms with Gasteiger partial charge < -0.3 is 5.32 Å². The summed E-state index contributed by atoms with van der Waals surface area (Å²) in [5.74, 6) is -0.383. The van der Waals surface area contributed by atoms with E-state index in [2.05, 4.69) is 15.6 Å². The number of carbonyl (C=O) groups excluding carboxylic acids is 1. The van der Waals surface area contributed by atoms with Crippen molar-refractivity contribution in [3.8, 4) is 0 Å². The lowest BCUT2D eigenvalue weighted by Crippen LogP contribution is -2.23. The van der Waals surface area contributed by atoms with Gasteiger partial charge >= 0.3 is 0 Å². The Bertz CT molecular complexity index is 451. The Morgan fingerprint density at radius 1 is 1.60 bits per heavy atom. The Labute approximate surface area is 87.4 Å². The molecule has 0 bridgehead atoms. The van der Waals surface area contributed by atoms with Gasteiger partial charge in [0, 0.05) is 13.3 Å². The van der Waals surface area contributed by atoms with Crippen LogP contribution in [0.4, 0.5) is 0 Å². The topological polar surface area (TPSA) is 94.0 Å². The maximum atomic E-state index is 11.0. The van der Waals surface area contributed by atoms with Gasteiger partial charge in [0.2, 0.25) is 5.91 Å². The lowest BCUT2D eigenvalue weighted by atomic mass is 10.5. The van der Waals surface area contributed by atoms with Gasteiger partial charge in [-0.1, -0.05) is 5.21 Å². The van der Waals surface area contributed by atoms with Crippen LogP contribution in [-0.4, -0.2) is 42.6 Å². The molecule has 15 heavy (non-hydrogen) atoms. The quantitative estimate of drug-likeness (QED) is 0.686. The molecule has 7 nitrogen and oxygen atoms in total. The predicted molar refractivity (Wildman–Crippen MR) is 52.6 cm³/mol. The Kier molecular flexibility index (Phi) is 3.40. The fraction of sp³-hybridized carbons (Fsp3) is 0.571. The highest BCUT2D eigenvalue weighted by molar-refractivity contribution is 7.89. The molecule has 0 radical (unpaired) electrons. The maximum absolute atomic E-state index is 11.0. The van der Waals surface area contributed by atoms with Crippen LogP contribution >= 0.6 is 0 Å². The molecule has 1 rings (SSSR count). The molecule has 8 heteroatoms. The van der Waals surface area contributed by atoms with Gasteiger partial charge in [-0.25, -0.2) is 13.1 Å². The number of nitrogens with zero attached hydrogens (tertiary/aromatic N) is 3. The summed E-state index contributed by atoms with van der Waals surface area (Å²) < 4.78 is 23.2. The first-order valence-electron chi connectivity index (χ1n) is 4.18. The molecular weight excluding hydrogens is 220 g/mol. The van der Waals surface area contributed by atoms with E-state index < -0.39 is 9.84 Å². The first-order valence-corrected chi connectivity index (χ1v) is 6.24. The van der Waals surface area contributed by atoms with Crippen molar-refractivity contribution in [3.63, 3.8) is 0 Å². The third-order valence-electron chi connectivity index (χ3n) is 1.58. The number of likely N-dealkylation sites (N-methyl/N-ethyl adjacent to an activating group) is 1. The molecule has 1 amide bonds. The van der Waals surface area contributed by atoms with Crippen LogP contribution in [0.1, 0.15) is 5.69 Å². The van der Waals surface area contributed by atoms with Crippen LogP contribution in [-0.2, 0) is 26.9 Å². The second-order valence-electron chi connectivity index (χ2n) is 3.15.